The molecule has 2 heterocycles. The number of methoxy groups -OCH3 is 1. The van der Waals surface area contributed by atoms with Gasteiger partial charge in [0.15, 0.2) is 5.13 Å². The fraction of sp³-hybridized carbons (Fsp3) is 0.120. The van der Waals surface area contributed by atoms with Crippen LogP contribution < -0.4 is 10.1 Å². The Hall–Kier alpha value is -3.35. The summed E-state index contributed by atoms with van der Waals surface area (Å²) in [5.41, 5.74) is 4.01. The van der Waals surface area contributed by atoms with Gasteiger partial charge in [0, 0.05) is 28.7 Å². The lowest BCUT2D eigenvalue weighted by molar-refractivity contribution is -0.115. The molecule has 0 radical (unpaired) electrons. The number of benzene rings is 3. The molecule has 1 amide bonds. The van der Waals surface area contributed by atoms with Crippen LogP contribution in [0.5, 0.6) is 5.75 Å². The summed E-state index contributed by atoms with van der Waals surface area (Å²) in [5, 5.41) is 5.32. The lowest BCUT2D eigenvalue weighted by Crippen LogP contribution is -2.14. The number of nitrogens with zero attached hydrogens (tertiary/aromatic N) is 2. The Morgan fingerprint density at radius 3 is 2.84 bits per heavy atom. The molecular formula is C25H20ClN3O2S. The first kappa shape index (κ1) is 20.5. The zero-order valence-corrected chi connectivity index (χ0v) is 18.9. The van der Waals surface area contributed by atoms with Crippen LogP contribution in [-0.2, 0) is 17.8 Å². The second-order valence-corrected chi connectivity index (χ2v) is 8.97. The Morgan fingerprint density at radius 1 is 1.12 bits per heavy atom. The number of carbonyl (C=O) groups excluding carboxylic acids is 1. The molecule has 0 aliphatic heterocycles. The first-order chi connectivity index (χ1) is 15.6. The molecule has 0 saturated carbocycles. The van der Waals surface area contributed by atoms with Crippen molar-refractivity contribution in [3.63, 3.8) is 0 Å². The normalized spacial score (nSPS) is 11.2. The van der Waals surface area contributed by atoms with Crippen LogP contribution >= 0.6 is 22.9 Å². The number of hydrogen-bond acceptors (Lipinski definition) is 4. The first-order valence-electron chi connectivity index (χ1n) is 10.1. The van der Waals surface area contributed by atoms with Gasteiger partial charge in [0.05, 0.1) is 23.7 Å². The molecule has 3 aromatic carbocycles. The molecule has 32 heavy (non-hydrogen) atoms. The third-order valence-corrected chi connectivity index (χ3v) is 6.47. The highest BCUT2D eigenvalue weighted by molar-refractivity contribution is 7.22. The van der Waals surface area contributed by atoms with Crippen molar-refractivity contribution >= 4 is 55.1 Å². The quantitative estimate of drug-likeness (QED) is 0.330. The number of fused-ring (bicyclic) bond motifs is 2. The van der Waals surface area contributed by atoms with Gasteiger partial charge in [0.1, 0.15) is 5.75 Å². The van der Waals surface area contributed by atoms with Crippen LogP contribution in [0.3, 0.4) is 0 Å². The van der Waals surface area contributed by atoms with Gasteiger partial charge in [-0.1, -0.05) is 53.3 Å². The molecule has 5 rings (SSSR count). The molecule has 1 N–H and O–H groups in total. The fourth-order valence-electron chi connectivity index (χ4n) is 3.85. The van der Waals surface area contributed by atoms with Crippen molar-refractivity contribution in [2.75, 3.05) is 12.4 Å². The van der Waals surface area contributed by atoms with E-state index in [0.717, 1.165) is 38.0 Å². The smallest absolute Gasteiger partial charge is 0.230 e. The number of thiazole rings is 1. The van der Waals surface area contributed by atoms with Crippen LogP contribution in [0.2, 0.25) is 5.02 Å². The second-order valence-electron chi connectivity index (χ2n) is 7.51. The maximum Gasteiger partial charge on any atom is 0.230 e. The van der Waals surface area contributed by atoms with Gasteiger partial charge in [0.2, 0.25) is 5.91 Å². The number of rotatable bonds is 6. The van der Waals surface area contributed by atoms with Crippen molar-refractivity contribution in [3.05, 3.63) is 89.1 Å². The summed E-state index contributed by atoms with van der Waals surface area (Å²) in [6.07, 6.45) is 2.32. The van der Waals surface area contributed by atoms with Crippen molar-refractivity contribution in [2.45, 2.75) is 13.0 Å². The van der Waals surface area contributed by atoms with Crippen molar-refractivity contribution in [1.82, 2.24) is 9.55 Å². The highest BCUT2D eigenvalue weighted by atomic mass is 35.5. The Kier molecular flexibility index (Phi) is 5.55. The summed E-state index contributed by atoms with van der Waals surface area (Å²) >= 11 is 7.59. The standard InChI is InChI=1S/C25H20ClN3O2S/c1-31-19-9-10-21-23(13-19)32-25(27-21)28-24(30)12-17-15-29(22-8-3-2-7-20(17)22)14-16-5-4-6-18(26)11-16/h2-11,13,15H,12,14H2,1H3,(H,27,28,30). The Labute approximate surface area is 194 Å². The molecule has 0 aliphatic carbocycles. The minimum absolute atomic E-state index is 0.0957. The zero-order valence-electron chi connectivity index (χ0n) is 17.3. The van der Waals surface area contributed by atoms with E-state index in [1.807, 2.05) is 54.7 Å². The number of amides is 1. The van der Waals surface area contributed by atoms with E-state index in [1.165, 1.54) is 11.3 Å². The zero-order chi connectivity index (χ0) is 22.1. The van der Waals surface area contributed by atoms with Crippen molar-refractivity contribution < 1.29 is 9.53 Å². The second kappa shape index (κ2) is 8.65. The highest BCUT2D eigenvalue weighted by Crippen LogP contribution is 2.30. The van der Waals surface area contributed by atoms with E-state index in [0.29, 0.717) is 16.7 Å². The van der Waals surface area contributed by atoms with Crippen molar-refractivity contribution in [3.8, 4) is 5.75 Å². The number of aromatic nitrogens is 2. The van der Waals surface area contributed by atoms with Gasteiger partial charge in [0.25, 0.3) is 0 Å². The number of para-hydroxylation sites is 1. The Balaban J connectivity index is 1.38. The molecule has 0 aliphatic rings. The van der Waals surface area contributed by atoms with E-state index >= 15 is 0 Å². The molecule has 160 valence electrons. The molecule has 0 unspecified atom stereocenters. The molecule has 5 aromatic rings. The van der Waals surface area contributed by atoms with E-state index in [4.69, 9.17) is 16.3 Å². The molecule has 0 atom stereocenters. The topological polar surface area (TPSA) is 56.1 Å². The van der Waals surface area contributed by atoms with Crippen LogP contribution in [0, 0.1) is 0 Å². The van der Waals surface area contributed by atoms with Gasteiger partial charge in [-0.05, 0) is 47.5 Å². The van der Waals surface area contributed by atoms with Gasteiger partial charge in [-0.3, -0.25) is 4.79 Å². The maximum absolute atomic E-state index is 12.8. The molecule has 0 bridgehead atoms. The summed E-state index contributed by atoms with van der Waals surface area (Å²) in [6, 6.07) is 21.6. The van der Waals surface area contributed by atoms with Gasteiger partial charge in [-0.25, -0.2) is 4.98 Å². The summed E-state index contributed by atoms with van der Waals surface area (Å²) in [4.78, 5) is 17.4. The Morgan fingerprint density at radius 2 is 2.00 bits per heavy atom. The maximum atomic E-state index is 12.8. The molecule has 7 heteroatoms. The van der Waals surface area contributed by atoms with Gasteiger partial charge in [-0.15, -0.1) is 0 Å². The minimum Gasteiger partial charge on any atom is -0.497 e. The summed E-state index contributed by atoms with van der Waals surface area (Å²) < 4.78 is 8.40. The lowest BCUT2D eigenvalue weighted by Gasteiger charge is -2.06. The summed E-state index contributed by atoms with van der Waals surface area (Å²) in [7, 11) is 1.63. The number of hydrogen-bond donors (Lipinski definition) is 1. The van der Waals surface area contributed by atoms with Crippen LogP contribution in [0.25, 0.3) is 21.1 Å². The van der Waals surface area contributed by atoms with Gasteiger partial charge in [-0.2, -0.15) is 0 Å². The van der Waals surface area contributed by atoms with Crippen LogP contribution in [0.1, 0.15) is 11.1 Å². The minimum atomic E-state index is -0.0957. The predicted molar refractivity (Wildman–Crippen MR) is 131 cm³/mol. The van der Waals surface area contributed by atoms with Gasteiger partial charge < -0.3 is 14.6 Å². The van der Waals surface area contributed by atoms with E-state index in [2.05, 4.69) is 33.1 Å². The molecule has 2 aromatic heterocycles. The molecular weight excluding hydrogens is 442 g/mol. The van der Waals surface area contributed by atoms with Gasteiger partial charge >= 0.3 is 0 Å². The van der Waals surface area contributed by atoms with Crippen LogP contribution in [-0.4, -0.2) is 22.6 Å². The SMILES string of the molecule is COc1ccc2nc(NC(=O)Cc3cn(Cc4cccc(Cl)c4)c4ccccc34)sc2c1. The van der Waals surface area contributed by atoms with E-state index < -0.39 is 0 Å². The van der Waals surface area contributed by atoms with Crippen molar-refractivity contribution in [1.29, 1.82) is 0 Å². The lowest BCUT2D eigenvalue weighted by atomic mass is 10.1. The largest absolute Gasteiger partial charge is 0.497 e. The third kappa shape index (κ3) is 4.20. The van der Waals surface area contributed by atoms with E-state index in [-0.39, 0.29) is 12.3 Å². The fourth-order valence-corrected chi connectivity index (χ4v) is 4.97. The Bertz CT molecular complexity index is 1440. The summed E-state index contributed by atoms with van der Waals surface area (Å²) in [5.74, 6) is 0.674. The molecule has 5 nitrogen and oxygen atoms in total. The number of anilines is 1. The van der Waals surface area contributed by atoms with E-state index in [1.54, 1.807) is 7.11 Å². The predicted octanol–water partition coefficient (Wildman–Crippen LogP) is 6.14. The molecule has 0 fully saturated rings. The van der Waals surface area contributed by atoms with Crippen molar-refractivity contribution in [2.24, 2.45) is 0 Å². The number of ether oxygens (including phenoxy) is 1. The summed E-state index contributed by atoms with van der Waals surface area (Å²) in [6.45, 7) is 0.683. The van der Waals surface area contributed by atoms with E-state index in [9.17, 15) is 4.79 Å². The average Bonchev–Trinajstić information content (AvgIpc) is 3.34. The molecule has 0 spiro atoms. The average molecular weight is 462 g/mol. The first-order valence-corrected chi connectivity index (χ1v) is 11.3. The number of halogens is 1. The number of carbonyl (C=O) groups is 1. The number of nitrogens with one attached hydrogen (secondary N) is 1. The molecule has 0 saturated heterocycles. The van der Waals surface area contributed by atoms with Crippen LogP contribution in [0.4, 0.5) is 5.13 Å². The third-order valence-electron chi connectivity index (χ3n) is 5.31. The highest BCUT2D eigenvalue weighted by Gasteiger charge is 2.14. The van der Waals surface area contributed by atoms with Crippen LogP contribution in [0.15, 0.2) is 72.9 Å². The monoisotopic (exact) mass is 461 g/mol.